The molecule has 8 nitrogen and oxygen atoms in total. The van der Waals surface area contributed by atoms with E-state index in [1.165, 1.54) is 0 Å². The van der Waals surface area contributed by atoms with Crippen LogP contribution < -0.4 is 14.8 Å². The molecule has 0 spiro atoms. The lowest BCUT2D eigenvalue weighted by Gasteiger charge is -2.22. The second kappa shape index (κ2) is 10.0. The molecule has 0 bridgehead atoms. The quantitative estimate of drug-likeness (QED) is 0.522. The molecule has 0 aliphatic carbocycles. The Morgan fingerprint density at radius 3 is 2.71 bits per heavy atom. The van der Waals surface area contributed by atoms with Crippen molar-refractivity contribution < 1.29 is 19.4 Å². The van der Waals surface area contributed by atoms with Gasteiger partial charge in [-0.25, -0.2) is 9.97 Å². The number of carbonyl (C=O) groups is 1. The molecule has 180 valence electrons. The van der Waals surface area contributed by atoms with Gasteiger partial charge in [0.25, 0.3) is 0 Å². The van der Waals surface area contributed by atoms with Crippen LogP contribution in [0.2, 0.25) is 5.02 Å². The Kier molecular flexibility index (Phi) is 7.09. The number of halogens is 1. The number of nitrogens with one attached hydrogen (secondary N) is 1. The molecule has 3 aromatic rings. The third-order valence-electron chi connectivity index (χ3n) is 6.33. The van der Waals surface area contributed by atoms with E-state index in [9.17, 15) is 9.90 Å². The van der Waals surface area contributed by atoms with E-state index in [2.05, 4.69) is 15.3 Å². The van der Waals surface area contributed by atoms with Gasteiger partial charge in [0.05, 0.1) is 37.4 Å². The molecule has 1 fully saturated rings. The number of carbonyl (C=O) groups excluding carboxylic acids is 1. The van der Waals surface area contributed by atoms with Gasteiger partial charge in [0.15, 0.2) is 0 Å². The molecule has 0 radical (unpaired) electrons. The van der Waals surface area contributed by atoms with Crippen LogP contribution in [0, 0.1) is 6.92 Å². The average molecular weight is 485 g/mol. The Bertz CT molecular complexity index is 1190. The van der Waals surface area contributed by atoms with Crippen LogP contribution in [-0.4, -0.2) is 65.3 Å². The van der Waals surface area contributed by atoms with Gasteiger partial charge in [0.2, 0.25) is 11.9 Å². The molecule has 2 aromatic carbocycles. The maximum absolute atomic E-state index is 12.2. The van der Waals surface area contributed by atoms with Crippen molar-refractivity contribution in [2.45, 2.75) is 38.8 Å². The largest absolute Gasteiger partial charge is 0.496 e. The topological polar surface area (TPSA) is 96.8 Å². The second-order valence-corrected chi connectivity index (χ2v) is 8.75. The first-order valence-electron chi connectivity index (χ1n) is 11.2. The summed E-state index contributed by atoms with van der Waals surface area (Å²) in [7, 11) is 3.19. The van der Waals surface area contributed by atoms with Gasteiger partial charge in [-0.05, 0) is 31.0 Å². The summed E-state index contributed by atoms with van der Waals surface area (Å²) in [6.07, 6.45) is 2.83. The summed E-state index contributed by atoms with van der Waals surface area (Å²) >= 11 is 6.65. The number of fused-ring (bicyclic) bond motifs is 1. The Balaban J connectivity index is 1.61. The van der Waals surface area contributed by atoms with E-state index < -0.39 is 0 Å². The van der Waals surface area contributed by atoms with E-state index in [0.29, 0.717) is 41.9 Å². The van der Waals surface area contributed by atoms with Crippen molar-refractivity contribution in [2.24, 2.45) is 0 Å². The molecular formula is C25H29ClN4O4. The summed E-state index contributed by atoms with van der Waals surface area (Å²) in [5.41, 5.74) is 3.44. The number of ether oxygens (including phenoxy) is 2. The number of rotatable bonds is 7. The number of aromatic nitrogens is 2. The van der Waals surface area contributed by atoms with Crippen LogP contribution in [0.5, 0.6) is 11.5 Å². The third-order valence-corrected chi connectivity index (χ3v) is 6.71. The zero-order valence-corrected chi connectivity index (χ0v) is 20.5. The fraction of sp³-hybridized carbons (Fsp3) is 0.400. The van der Waals surface area contributed by atoms with Crippen molar-refractivity contribution >= 4 is 34.4 Å². The maximum Gasteiger partial charge on any atom is 0.223 e. The molecule has 0 saturated carbocycles. The third kappa shape index (κ3) is 4.48. The molecule has 2 N–H and O–H groups in total. The van der Waals surface area contributed by atoms with E-state index >= 15 is 0 Å². The van der Waals surface area contributed by atoms with Gasteiger partial charge >= 0.3 is 0 Å². The molecule has 1 aliphatic heterocycles. The highest BCUT2D eigenvalue weighted by Crippen LogP contribution is 2.43. The Hall–Kier alpha value is -3.10. The number of hydrogen-bond acceptors (Lipinski definition) is 7. The number of amides is 1. The standard InChI is InChI=1S/C25H29ClN4O4/c1-5-22(32)30-12-17(9-18(30)13-31)28-25-27-11-16-8-15(6-7-19(16)29-25)23-14(2)20(33-3)10-21(34-4)24(23)26/h6-8,10-11,17-18,31H,5,9,12-13H2,1-4H3,(H,27,28,29). The van der Waals surface area contributed by atoms with Gasteiger partial charge in [0.1, 0.15) is 11.5 Å². The number of aliphatic hydroxyl groups is 1. The van der Waals surface area contributed by atoms with Gasteiger partial charge in [-0.15, -0.1) is 0 Å². The maximum atomic E-state index is 12.2. The van der Waals surface area contributed by atoms with Crippen LogP contribution in [0.3, 0.4) is 0 Å². The fourth-order valence-corrected chi connectivity index (χ4v) is 4.93. The van der Waals surface area contributed by atoms with Crippen LogP contribution in [0.15, 0.2) is 30.5 Å². The minimum atomic E-state index is -0.180. The summed E-state index contributed by atoms with van der Waals surface area (Å²) in [6.45, 7) is 4.26. The average Bonchev–Trinajstić information content (AvgIpc) is 3.26. The lowest BCUT2D eigenvalue weighted by molar-refractivity contribution is -0.132. The number of likely N-dealkylation sites (tertiary alicyclic amines) is 1. The predicted molar refractivity (Wildman–Crippen MR) is 133 cm³/mol. The molecule has 1 aliphatic rings. The highest BCUT2D eigenvalue weighted by Gasteiger charge is 2.34. The Labute approximate surface area is 203 Å². The van der Waals surface area contributed by atoms with E-state index in [0.717, 1.165) is 27.6 Å². The summed E-state index contributed by atoms with van der Waals surface area (Å²) < 4.78 is 10.9. The number of aliphatic hydroxyl groups excluding tert-OH is 1. The van der Waals surface area contributed by atoms with E-state index in [4.69, 9.17) is 21.1 Å². The van der Waals surface area contributed by atoms with Crippen LogP contribution in [0.25, 0.3) is 22.0 Å². The molecule has 1 saturated heterocycles. The summed E-state index contributed by atoms with van der Waals surface area (Å²) in [5.74, 6) is 1.77. The molecule has 1 aromatic heterocycles. The highest BCUT2D eigenvalue weighted by atomic mass is 35.5. The van der Waals surface area contributed by atoms with E-state index in [-0.39, 0.29) is 24.6 Å². The molecule has 4 rings (SSSR count). The minimum Gasteiger partial charge on any atom is -0.496 e. The minimum absolute atomic E-state index is 0.0184. The van der Waals surface area contributed by atoms with E-state index in [1.54, 1.807) is 31.4 Å². The summed E-state index contributed by atoms with van der Waals surface area (Å²) in [4.78, 5) is 23.0. The first-order valence-corrected chi connectivity index (χ1v) is 11.6. The Morgan fingerprint density at radius 1 is 1.26 bits per heavy atom. The number of methoxy groups -OCH3 is 2. The summed E-state index contributed by atoms with van der Waals surface area (Å²) in [6, 6.07) is 7.47. The zero-order valence-electron chi connectivity index (χ0n) is 19.8. The molecule has 9 heteroatoms. The smallest absolute Gasteiger partial charge is 0.223 e. The SMILES string of the molecule is CCC(=O)N1CC(Nc2ncc3cc(-c4c(C)c(OC)cc(OC)c4Cl)ccc3n2)CC1CO. The highest BCUT2D eigenvalue weighted by molar-refractivity contribution is 6.35. The fourth-order valence-electron chi connectivity index (χ4n) is 4.55. The molecule has 2 heterocycles. The number of nitrogens with zero attached hydrogens (tertiary/aromatic N) is 3. The molecule has 2 unspecified atom stereocenters. The van der Waals surface area contributed by atoms with Gasteiger partial charge in [0, 0.05) is 47.8 Å². The monoisotopic (exact) mass is 484 g/mol. The molecule has 34 heavy (non-hydrogen) atoms. The van der Waals surface area contributed by atoms with Crippen molar-refractivity contribution in [3.05, 3.63) is 41.0 Å². The molecule has 2 atom stereocenters. The van der Waals surface area contributed by atoms with Crippen LogP contribution in [-0.2, 0) is 4.79 Å². The van der Waals surface area contributed by atoms with Gasteiger partial charge in [-0.3, -0.25) is 4.79 Å². The predicted octanol–water partition coefficient (Wildman–Crippen LogP) is 4.06. The summed E-state index contributed by atoms with van der Waals surface area (Å²) in [5, 5.41) is 14.4. The number of hydrogen-bond donors (Lipinski definition) is 2. The van der Waals surface area contributed by atoms with Crippen LogP contribution in [0.4, 0.5) is 5.95 Å². The van der Waals surface area contributed by atoms with Crippen molar-refractivity contribution in [1.82, 2.24) is 14.9 Å². The van der Waals surface area contributed by atoms with Gasteiger partial charge in [-0.1, -0.05) is 24.6 Å². The first-order chi connectivity index (χ1) is 16.4. The van der Waals surface area contributed by atoms with Crippen molar-refractivity contribution in [3.63, 3.8) is 0 Å². The van der Waals surface area contributed by atoms with Crippen molar-refractivity contribution in [1.29, 1.82) is 0 Å². The molecular weight excluding hydrogens is 456 g/mol. The number of anilines is 1. The first kappa shape index (κ1) is 24.0. The normalized spacial score (nSPS) is 17.8. The van der Waals surface area contributed by atoms with Crippen LogP contribution >= 0.6 is 11.6 Å². The molecule has 1 amide bonds. The Morgan fingerprint density at radius 2 is 2.03 bits per heavy atom. The van der Waals surface area contributed by atoms with Crippen LogP contribution in [0.1, 0.15) is 25.3 Å². The van der Waals surface area contributed by atoms with Gasteiger partial charge in [-0.2, -0.15) is 0 Å². The lowest BCUT2D eigenvalue weighted by Crippen LogP contribution is -2.37. The van der Waals surface area contributed by atoms with E-state index in [1.807, 2.05) is 32.0 Å². The zero-order chi connectivity index (χ0) is 24.4. The second-order valence-electron chi connectivity index (χ2n) is 8.38. The lowest BCUT2D eigenvalue weighted by atomic mass is 9.98. The van der Waals surface area contributed by atoms with Crippen molar-refractivity contribution in [2.75, 3.05) is 32.7 Å². The van der Waals surface area contributed by atoms with Gasteiger partial charge < -0.3 is 24.8 Å². The number of benzene rings is 2. The van der Waals surface area contributed by atoms with Crippen molar-refractivity contribution in [3.8, 4) is 22.6 Å².